The number of benzene rings is 3. The Morgan fingerprint density at radius 3 is 1.82 bits per heavy atom. The number of halogens is 2. The zero-order valence-electron chi connectivity index (χ0n) is 14.6. The topological polar surface area (TPSA) is 58.0 Å². The highest BCUT2D eigenvalue weighted by molar-refractivity contribution is 6.34. The van der Waals surface area contributed by atoms with Gasteiger partial charge in [0.1, 0.15) is 0 Å². The van der Waals surface area contributed by atoms with E-state index in [4.69, 9.17) is 23.2 Å². The van der Waals surface area contributed by atoms with Crippen molar-refractivity contribution < 1.29 is 5.11 Å². The standard InChI is InChI=1S/C22H16Cl2N2O2/c23-16-11-17(24)13-18(12-16)26-21(27)20(25-22(26)28)19(14-7-3-1-4-8-14)15-9-5-2-6-10-15/h1-13,19,27H,(H,25,28). The van der Waals surface area contributed by atoms with Gasteiger partial charge in [-0.1, -0.05) is 83.9 Å². The third-order valence-electron chi connectivity index (χ3n) is 4.56. The van der Waals surface area contributed by atoms with Gasteiger partial charge in [0, 0.05) is 10.0 Å². The zero-order valence-corrected chi connectivity index (χ0v) is 16.2. The molecule has 4 aromatic rings. The number of nitrogens with zero attached hydrogens (tertiary/aromatic N) is 1. The maximum Gasteiger partial charge on any atom is 0.333 e. The molecule has 0 saturated heterocycles. The smallest absolute Gasteiger partial charge is 0.333 e. The summed E-state index contributed by atoms with van der Waals surface area (Å²) in [5, 5.41) is 11.7. The van der Waals surface area contributed by atoms with Crippen molar-refractivity contribution in [2.45, 2.75) is 5.92 Å². The fourth-order valence-corrected chi connectivity index (χ4v) is 3.88. The van der Waals surface area contributed by atoms with E-state index < -0.39 is 5.69 Å². The summed E-state index contributed by atoms with van der Waals surface area (Å²) in [4.78, 5) is 15.5. The summed E-state index contributed by atoms with van der Waals surface area (Å²) >= 11 is 12.1. The number of nitrogens with one attached hydrogen (secondary N) is 1. The molecule has 4 rings (SSSR count). The minimum absolute atomic E-state index is 0.180. The largest absolute Gasteiger partial charge is 0.493 e. The molecule has 1 aromatic heterocycles. The van der Waals surface area contributed by atoms with Crippen molar-refractivity contribution in [1.82, 2.24) is 9.55 Å². The highest BCUT2D eigenvalue weighted by Gasteiger charge is 2.25. The first-order valence-electron chi connectivity index (χ1n) is 8.65. The van der Waals surface area contributed by atoms with Crippen molar-refractivity contribution in [3.8, 4) is 11.6 Å². The lowest BCUT2D eigenvalue weighted by molar-refractivity contribution is 0.433. The lowest BCUT2D eigenvalue weighted by Gasteiger charge is -2.17. The fourth-order valence-electron chi connectivity index (χ4n) is 3.37. The molecule has 0 bridgehead atoms. The molecule has 0 radical (unpaired) electrons. The Labute approximate surface area is 171 Å². The van der Waals surface area contributed by atoms with Crippen LogP contribution in [0.15, 0.2) is 83.7 Å². The number of imidazole rings is 1. The minimum Gasteiger partial charge on any atom is -0.493 e. The molecule has 0 aliphatic carbocycles. The molecule has 0 aliphatic heterocycles. The van der Waals surface area contributed by atoms with E-state index in [1.807, 2.05) is 60.7 Å². The third-order valence-corrected chi connectivity index (χ3v) is 4.99. The molecular weight excluding hydrogens is 395 g/mol. The molecule has 0 unspecified atom stereocenters. The molecule has 2 N–H and O–H groups in total. The molecule has 6 heteroatoms. The summed E-state index contributed by atoms with van der Waals surface area (Å²) < 4.78 is 1.17. The molecule has 0 saturated carbocycles. The Hall–Kier alpha value is -2.95. The van der Waals surface area contributed by atoms with E-state index in [-0.39, 0.29) is 11.8 Å². The summed E-state index contributed by atoms with van der Waals surface area (Å²) in [6.45, 7) is 0. The van der Waals surface area contributed by atoms with Gasteiger partial charge in [0.15, 0.2) is 0 Å². The van der Waals surface area contributed by atoms with Crippen molar-refractivity contribution >= 4 is 23.2 Å². The highest BCUT2D eigenvalue weighted by atomic mass is 35.5. The number of aromatic hydroxyl groups is 1. The van der Waals surface area contributed by atoms with Gasteiger partial charge < -0.3 is 10.1 Å². The second-order valence-corrected chi connectivity index (χ2v) is 7.26. The number of H-pyrrole nitrogens is 1. The summed E-state index contributed by atoms with van der Waals surface area (Å²) in [7, 11) is 0. The Balaban J connectivity index is 1.93. The van der Waals surface area contributed by atoms with Gasteiger partial charge in [-0.25, -0.2) is 9.36 Å². The summed E-state index contributed by atoms with van der Waals surface area (Å²) in [5.41, 5.74) is 2.21. The van der Waals surface area contributed by atoms with Crippen molar-refractivity contribution in [1.29, 1.82) is 0 Å². The third kappa shape index (κ3) is 3.44. The Bertz CT molecular complexity index is 1110. The fraction of sp³-hybridized carbons (Fsp3) is 0.0455. The summed E-state index contributed by atoms with van der Waals surface area (Å²) in [5.74, 6) is -0.521. The molecule has 0 aliphatic rings. The lowest BCUT2D eigenvalue weighted by Crippen LogP contribution is -2.14. The summed E-state index contributed by atoms with van der Waals surface area (Å²) in [6.07, 6.45) is 0. The molecular formula is C22H16Cl2N2O2. The van der Waals surface area contributed by atoms with Gasteiger partial charge in [-0.15, -0.1) is 0 Å². The first-order chi connectivity index (χ1) is 13.5. The van der Waals surface area contributed by atoms with Crippen LogP contribution in [0.4, 0.5) is 0 Å². The van der Waals surface area contributed by atoms with E-state index in [2.05, 4.69) is 4.98 Å². The molecule has 3 aromatic carbocycles. The Kier molecular flexibility index (Phi) is 4.99. The predicted octanol–water partition coefficient (Wildman–Crippen LogP) is 5.36. The van der Waals surface area contributed by atoms with Gasteiger partial charge in [0.05, 0.1) is 17.3 Å². The zero-order chi connectivity index (χ0) is 19.7. The van der Waals surface area contributed by atoms with E-state index in [9.17, 15) is 9.90 Å². The predicted molar refractivity (Wildman–Crippen MR) is 112 cm³/mol. The van der Waals surface area contributed by atoms with Gasteiger partial charge in [0.2, 0.25) is 5.88 Å². The SMILES string of the molecule is O=c1[nH]c(C(c2ccccc2)c2ccccc2)c(O)n1-c1cc(Cl)cc(Cl)c1. The Morgan fingerprint density at radius 2 is 1.32 bits per heavy atom. The van der Waals surface area contributed by atoms with Crippen LogP contribution in [0.25, 0.3) is 5.69 Å². The second-order valence-electron chi connectivity index (χ2n) is 6.38. The van der Waals surface area contributed by atoms with E-state index in [1.54, 1.807) is 18.2 Å². The van der Waals surface area contributed by atoms with Crippen LogP contribution in [0.2, 0.25) is 10.0 Å². The Morgan fingerprint density at radius 1 is 0.821 bits per heavy atom. The average molecular weight is 411 g/mol. The van der Waals surface area contributed by atoms with Gasteiger partial charge >= 0.3 is 5.69 Å². The van der Waals surface area contributed by atoms with Crippen LogP contribution in [-0.2, 0) is 0 Å². The molecule has 0 atom stereocenters. The number of aromatic nitrogens is 2. The van der Waals surface area contributed by atoms with Crippen LogP contribution < -0.4 is 5.69 Å². The quantitative estimate of drug-likeness (QED) is 0.475. The van der Waals surface area contributed by atoms with Crippen molar-refractivity contribution in [3.63, 3.8) is 0 Å². The first kappa shape index (κ1) is 18.4. The maximum absolute atomic E-state index is 12.7. The van der Waals surface area contributed by atoms with E-state index in [0.29, 0.717) is 21.4 Å². The van der Waals surface area contributed by atoms with E-state index >= 15 is 0 Å². The van der Waals surface area contributed by atoms with Crippen LogP contribution >= 0.6 is 23.2 Å². The van der Waals surface area contributed by atoms with Crippen LogP contribution in [0.1, 0.15) is 22.7 Å². The van der Waals surface area contributed by atoms with E-state index in [0.717, 1.165) is 11.1 Å². The molecule has 1 heterocycles. The van der Waals surface area contributed by atoms with Crippen molar-refractivity contribution in [3.05, 3.63) is 116 Å². The number of aromatic amines is 1. The summed E-state index contributed by atoms with van der Waals surface area (Å²) in [6, 6.07) is 24.1. The van der Waals surface area contributed by atoms with E-state index in [1.165, 1.54) is 4.57 Å². The van der Waals surface area contributed by atoms with Crippen molar-refractivity contribution in [2.75, 3.05) is 0 Å². The number of hydrogen-bond acceptors (Lipinski definition) is 2. The molecule has 28 heavy (non-hydrogen) atoms. The van der Waals surface area contributed by atoms with Crippen molar-refractivity contribution in [2.24, 2.45) is 0 Å². The van der Waals surface area contributed by atoms with Gasteiger partial charge in [-0.05, 0) is 29.3 Å². The second kappa shape index (κ2) is 7.58. The monoisotopic (exact) mass is 410 g/mol. The van der Waals surface area contributed by atoms with Crippen LogP contribution in [-0.4, -0.2) is 14.7 Å². The maximum atomic E-state index is 12.7. The molecule has 0 amide bonds. The lowest BCUT2D eigenvalue weighted by atomic mass is 9.88. The molecule has 140 valence electrons. The first-order valence-corrected chi connectivity index (χ1v) is 9.40. The van der Waals surface area contributed by atoms with Gasteiger partial charge in [-0.3, -0.25) is 0 Å². The minimum atomic E-state index is -0.470. The van der Waals surface area contributed by atoms with Gasteiger partial charge in [-0.2, -0.15) is 0 Å². The highest BCUT2D eigenvalue weighted by Crippen LogP contribution is 2.36. The number of hydrogen-bond donors (Lipinski definition) is 2. The number of rotatable bonds is 4. The van der Waals surface area contributed by atoms with Gasteiger partial charge in [0.25, 0.3) is 0 Å². The molecule has 0 fully saturated rings. The van der Waals surface area contributed by atoms with Crippen LogP contribution in [0.3, 0.4) is 0 Å². The molecule has 4 nitrogen and oxygen atoms in total. The van der Waals surface area contributed by atoms with Crippen LogP contribution in [0, 0.1) is 0 Å². The van der Waals surface area contributed by atoms with Crippen LogP contribution in [0.5, 0.6) is 5.88 Å². The average Bonchev–Trinajstić information content (AvgIpc) is 2.97. The normalized spacial score (nSPS) is 11.1. The molecule has 0 spiro atoms.